The van der Waals surface area contributed by atoms with Gasteiger partial charge >= 0.3 is 0 Å². The van der Waals surface area contributed by atoms with Crippen LogP contribution in [0.25, 0.3) is 77.6 Å². The van der Waals surface area contributed by atoms with E-state index < -0.39 is 0 Å². The largest absolute Gasteiger partial charge is 0.455 e. The third-order valence-electron chi connectivity index (χ3n) is 16.8. The van der Waals surface area contributed by atoms with E-state index in [4.69, 9.17) is 16.0 Å². The number of furan rings is 1. The molecule has 0 atom stereocenters. The average Bonchev–Trinajstić information content (AvgIpc) is 4.00. The van der Waals surface area contributed by atoms with Crippen LogP contribution in [0.1, 0.15) is 165 Å². The second-order valence-corrected chi connectivity index (χ2v) is 22.0. The van der Waals surface area contributed by atoms with E-state index in [9.17, 15) is 0 Å². The predicted octanol–water partition coefficient (Wildman–Crippen LogP) is 20.0. The maximum atomic E-state index is 6.88. The fourth-order valence-corrected chi connectivity index (χ4v) is 13.3. The lowest BCUT2D eigenvalue weighted by molar-refractivity contribution is 0.398. The van der Waals surface area contributed by atoms with Crippen LogP contribution in [0.5, 0.6) is 0 Å². The van der Waals surface area contributed by atoms with Crippen molar-refractivity contribution >= 4 is 33.5 Å². The van der Waals surface area contributed by atoms with E-state index in [-0.39, 0.29) is 16.2 Å². The lowest BCUT2D eigenvalue weighted by Gasteiger charge is -2.33. The van der Waals surface area contributed by atoms with Crippen molar-refractivity contribution in [1.82, 2.24) is 0 Å². The lowest BCUT2D eigenvalue weighted by Crippen LogP contribution is -2.25. The van der Waals surface area contributed by atoms with Crippen LogP contribution in [0.15, 0.2) is 132 Å². The van der Waals surface area contributed by atoms with Crippen molar-refractivity contribution in [3.05, 3.63) is 166 Å². The molecule has 0 amide bonds. The van der Waals surface area contributed by atoms with Crippen LogP contribution < -0.4 is 0 Å². The fourth-order valence-electron chi connectivity index (χ4n) is 13.1. The molecule has 67 heavy (non-hydrogen) atoms. The standard InChI is InChI=1S/C65H67ClO/c1-7-9-11-13-15-21-35-65(36-22-16-14-12-10-8-2)53-25-19-17-23-46(53)49-32-28-43(38-57(49)65)42-27-31-47-48-33-29-44(39-55(48)63(3,4)54(47)37-42)52-41-58-61(50-34-30-45(66)40-56(50)64(58,5)6)62-60(52)51-24-18-20-26-59(51)67-62/h17-20,23-34,37-41H,7-16,21-22,35-36H2,1-6H3. The summed E-state index contributed by atoms with van der Waals surface area (Å²) in [6.07, 6.45) is 18.4. The van der Waals surface area contributed by atoms with E-state index in [2.05, 4.69) is 163 Å². The fraction of sp³-hybridized carbons (Fsp3) is 0.354. The molecule has 0 aliphatic heterocycles. The Bertz CT molecular complexity index is 3170. The van der Waals surface area contributed by atoms with Gasteiger partial charge in [-0.2, -0.15) is 0 Å². The first-order chi connectivity index (χ1) is 32.6. The molecule has 0 radical (unpaired) electrons. The number of fused-ring (bicyclic) bond motifs is 13. The molecular weight excluding hydrogens is 832 g/mol. The zero-order chi connectivity index (χ0) is 46.1. The monoisotopic (exact) mass is 898 g/mol. The normalized spacial score (nSPS) is 15.4. The molecule has 0 saturated heterocycles. The molecule has 11 rings (SSSR count). The van der Waals surface area contributed by atoms with E-state index in [0.29, 0.717) is 0 Å². The van der Waals surface area contributed by atoms with Crippen molar-refractivity contribution in [3.63, 3.8) is 0 Å². The molecular formula is C65H67ClO. The Morgan fingerprint density at radius 2 is 0.925 bits per heavy atom. The number of para-hydroxylation sites is 1. The number of rotatable bonds is 16. The SMILES string of the molecule is CCCCCCCCC1(CCCCCCCC)c2ccccc2-c2ccc(-c3ccc4c(c3)C(C)(C)c3cc(-c5cc6c(c7oc8ccccc8c57)-c5ccc(Cl)cc5C6(C)C)ccc3-4)cc21. The minimum absolute atomic E-state index is 0.0639. The van der Waals surface area contributed by atoms with Gasteiger partial charge in [0.2, 0.25) is 0 Å². The Kier molecular flexibility index (Phi) is 11.4. The van der Waals surface area contributed by atoms with Gasteiger partial charge in [0, 0.05) is 37.6 Å². The highest BCUT2D eigenvalue weighted by atomic mass is 35.5. The molecule has 1 nitrogen and oxygen atoms in total. The first kappa shape index (κ1) is 44.2. The zero-order valence-corrected chi connectivity index (χ0v) is 41.6. The summed E-state index contributed by atoms with van der Waals surface area (Å²) in [4.78, 5) is 0. The number of benzene rings is 7. The molecule has 3 aliphatic carbocycles. The van der Waals surface area contributed by atoms with Crippen LogP contribution in [-0.2, 0) is 16.2 Å². The van der Waals surface area contributed by atoms with Gasteiger partial charge in [0.25, 0.3) is 0 Å². The minimum Gasteiger partial charge on any atom is -0.455 e. The number of hydrogen-bond acceptors (Lipinski definition) is 1. The third kappa shape index (κ3) is 7.16. The van der Waals surface area contributed by atoms with E-state index in [1.54, 1.807) is 11.1 Å². The van der Waals surface area contributed by atoms with Gasteiger partial charge in [-0.05, 0) is 139 Å². The van der Waals surface area contributed by atoms with Crippen LogP contribution in [0.3, 0.4) is 0 Å². The third-order valence-corrected chi connectivity index (χ3v) is 17.0. The summed E-state index contributed by atoms with van der Waals surface area (Å²) in [5.74, 6) is 0. The van der Waals surface area contributed by atoms with Crippen LogP contribution >= 0.6 is 11.6 Å². The molecule has 2 heteroatoms. The van der Waals surface area contributed by atoms with E-state index in [1.807, 2.05) is 6.07 Å². The number of halogens is 1. The smallest absolute Gasteiger partial charge is 0.144 e. The van der Waals surface area contributed by atoms with Crippen molar-refractivity contribution in [2.75, 3.05) is 0 Å². The molecule has 0 unspecified atom stereocenters. The Balaban J connectivity index is 0.973. The van der Waals surface area contributed by atoms with Crippen LogP contribution in [0.2, 0.25) is 5.02 Å². The molecule has 0 saturated carbocycles. The molecule has 7 aromatic carbocycles. The predicted molar refractivity (Wildman–Crippen MR) is 287 cm³/mol. The van der Waals surface area contributed by atoms with Crippen molar-refractivity contribution < 1.29 is 4.42 Å². The maximum Gasteiger partial charge on any atom is 0.144 e. The van der Waals surface area contributed by atoms with E-state index in [0.717, 1.165) is 21.6 Å². The molecule has 0 spiro atoms. The highest BCUT2D eigenvalue weighted by Crippen LogP contribution is 2.58. The van der Waals surface area contributed by atoms with Gasteiger partial charge in [0.1, 0.15) is 11.2 Å². The van der Waals surface area contributed by atoms with Crippen LogP contribution in [-0.4, -0.2) is 0 Å². The quantitative estimate of drug-likeness (QED) is 0.0881. The molecule has 340 valence electrons. The number of unbranched alkanes of at least 4 members (excludes halogenated alkanes) is 10. The van der Waals surface area contributed by atoms with Crippen molar-refractivity contribution in [3.8, 4) is 55.6 Å². The Labute approximate surface area is 405 Å². The highest BCUT2D eigenvalue weighted by Gasteiger charge is 2.43. The van der Waals surface area contributed by atoms with E-state index in [1.165, 1.54) is 173 Å². The molecule has 1 aromatic heterocycles. The van der Waals surface area contributed by atoms with Gasteiger partial charge < -0.3 is 4.42 Å². The van der Waals surface area contributed by atoms with E-state index >= 15 is 0 Å². The molecule has 0 N–H and O–H groups in total. The summed E-state index contributed by atoms with van der Waals surface area (Å²) < 4.78 is 6.88. The first-order valence-electron chi connectivity index (χ1n) is 25.9. The minimum atomic E-state index is -0.234. The molecule has 0 bridgehead atoms. The second kappa shape index (κ2) is 17.3. The summed E-state index contributed by atoms with van der Waals surface area (Å²) in [7, 11) is 0. The van der Waals surface area contributed by atoms with Gasteiger partial charge in [-0.3, -0.25) is 0 Å². The second-order valence-electron chi connectivity index (χ2n) is 21.5. The zero-order valence-electron chi connectivity index (χ0n) is 40.8. The van der Waals surface area contributed by atoms with Gasteiger partial charge in [0.05, 0.1) is 0 Å². The van der Waals surface area contributed by atoms with Gasteiger partial charge in [0.15, 0.2) is 0 Å². The Morgan fingerprint density at radius 1 is 0.418 bits per heavy atom. The summed E-state index contributed by atoms with van der Waals surface area (Å²) in [6, 6.07) is 48.9. The first-order valence-corrected chi connectivity index (χ1v) is 26.3. The number of hydrogen-bond donors (Lipinski definition) is 0. The van der Waals surface area contributed by atoms with Crippen molar-refractivity contribution in [1.29, 1.82) is 0 Å². The van der Waals surface area contributed by atoms with Crippen molar-refractivity contribution in [2.45, 2.75) is 148 Å². The Hall–Kier alpha value is -5.37. The summed E-state index contributed by atoms with van der Waals surface area (Å²) in [6.45, 7) is 14.2. The summed E-state index contributed by atoms with van der Waals surface area (Å²) in [5.41, 5.74) is 23.2. The van der Waals surface area contributed by atoms with Crippen LogP contribution in [0, 0.1) is 0 Å². The molecule has 8 aromatic rings. The van der Waals surface area contributed by atoms with Crippen molar-refractivity contribution in [2.24, 2.45) is 0 Å². The van der Waals surface area contributed by atoms with Gasteiger partial charge in [-0.15, -0.1) is 0 Å². The lowest BCUT2D eigenvalue weighted by atomic mass is 9.70. The molecule has 0 fully saturated rings. The highest BCUT2D eigenvalue weighted by molar-refractivity contribution is 6.31. The van der Waals surface area contributed by atoms with Crippen LogP contribution in [0.4, 0.5) is 0 Å². The molecule has 1 heterocycles. The van der Waals surface area contributed by atoms with Gasteiger partial charge in [-0.25, -0.2) is 0 Å². The maximum absolute atomic E-state index is 6.88. The van der Waals surface area contributed by atoms with Gasteiger partial charge in [-0.1, -0.05) is 215 Å². The average molecular weight is 900 g/mol. The summed E-state index contributed by atoms with van der Waals surface area (Å²) in [5, 5.41) is 3.11. The topological polar surface area (TPSA) is 13.1 Å². The summed E-state index contributed by atoms with van der Waals surface area (Å²) >= 11 is 6.66. The molecule has 3 aliphatic rings. The Morgan fingerprint density at radius 3 is 1.61 bits per heavy atom.